The van der Waals surface area contributed by atoms with Gasteiger partial charge in [-0.15, -0.1) is 26.3 Å². The zero-order valence-electron chi connectivity index (χ0n) is 19.0. The number of esters is 1. The van der Waals surface area contributed by atoms with Crippen LogP contribution in [0, 0.1) is 0 Å². The molecular weight excluding hydrogens is 504 g/mol. The largest absolute Gasteiger partial charge is 0.573 e. The van der Waals surface area contributed by atoms with Gasteiger partial charge in [0.2, 0.25) is 0 Å². The molecule has 2 aromatic carbocycles. The molecule has 0 aliphatic heterocycles. The molecule has 1 N–H and O–H groups in total. The van der Waals surface area contributed by atoms with Crippen molar-refractivity contribution in [2.45, 2.75) is 50.2 Å². The molecule has 2 rings (SSSR count). The van der Waals surface area contributed by atoms with E-state index < -0.39 is 57.9 Å². The Morgan fingerprint density at radius 1 is 0.857 bits per heavy atom. The van der Waals surface area contributed by atoms with Gasteiger partial charge in [0.25, 0.3) is 0 Å². The lowest BCUT2D eigenvalue weighted by molar-refractivity contribution is -0.275. The zero-order valence-corrected chi connectivity index (χ0v) is 19.9. The summed E-state index contributed by atoms with van der Waals surface area (Å²) < 4.78 is 105. The summed E-state index contributed by atoms with van der Waals surface area (Å²) in [7, 11) is -0.906. The summed E-state index contributed by atoms with van der Waals surface area (Å²) in [5.41, 5.74) is -2.00. The highest BCUT2D eigenvalue weighted by Crippen LogP contribution is 2.39. The maximum atomic E-state index is 13.1. The number of halogens is 6. The molecule has 0 bridgehead atoms. The minimum Gasteiger partial charge on any atom is -0.469 e. The van der Waals surface area contributed by atoms with Crippen molar-refractivity contribution >= 4 is 17.0 Å². The van der Waals surface area contributed by atoms with Gasteiger partial charge in [-0.1, -0.05) is 24.3 Å². The Morgan fingerprint density at radius 2 is 1.29 bits per heavy atom. The summed E-state index contributed by atoms with van der Waals surface area (Å²) in [6.45, 7) is 4.77. The van der Waals surface area contributed by atoms with Gasteiger partial charge in [-0.25, -0.2) is 8.93 Å². The van der Waals surface area contributed by atoms with E-state index >= 15 is 0 Å². The van der Waals surface area contributed by atoms with Crippen LogP contribution in [0.4, 0.5) is 26.3 Å². The zero-order chi connectivity index (χ0) is 26.7. The van der Waals surface area contributed by atoms with Crippen molar-refractivity contribution in [3.63, 3.8) is 0 Å². The summed E-state index contributed by atoms with van der Waals surface area (Å²) in [5.74, 6) is -2.20. The standard InChI is InChI=1S/C22H23F6NO5S/c1-19(2,3)35(31)29-20(13-18(30)32-4,14-7-5-9-16(11-14)33-21(23,24)25)15-8-6-10-17(12-15)34-22(26,27)28/h5-12,29H,13H2,1-4H3. The molecule has 35 heavy (non-hydrogen) atoms. The average Bonchev–Trinajstić information content (AvgIpc) is 2.70. The fourth-order valence-electron chi connectivity index (χ4n) is 3.04. The third-order valence-corrected chi connectivity index (χ3v) is 6.23. The van der Waals surface area contributed by atoms with Crippen molar-refractivity contribution < 1.29 is 49.6 Å². The maximum Gasteiger partial charge on any atom is 0.573 e. The Morgan fingerprint density at radius 3 is 1.63 bits per heavy atom. The highest BCUT2D eigenvalue weighted by molar-refractivity contribution is 7.84. The van der Waals surface area contributed by atoms with E-state index in [9.17, 15) is 35.3 Å². The minimum absolute atomic E-state index is 0.0496. The Bertz CT molecular complexity index is 1010. The van der Waals surface area contributed by atoms with E-state index in [1.807, 2.05) is 0 Å². The van der Waals surface area contributed by atoms with Gasteiger partial charge in [0, 0.05) is 0 Å². The normalized spacial score (nSPS) is 13.8. The van der Waals surface area contributed by atoms with E-state index in [0.717, 1.165) is 31.4 Å². The smallest absolute Gasteiger partial charge is 0.469 e. The van der Waals surface area contributed by atoms with E-state index in [1.165, 1.54) is 24.3 Å². The molecule has 0 aliphatic rings. The summed E-state index contributed by atoms with van der Waals surface area (Å²) >= 11 is 0. The van der Waals surface area contributed by atoms with Gasteiger partial charge in [-0.3, -0.25) is 4.79 Å². The van der Waals surface area contributed by atoms with Crippen LogP contribution >= 0.6 is 0 Å². The van der Waals surface area contributed by atoms with Gasteiger partial charge in [-0.05, 0) is 56.2 Å². The fraction of sp³-hybridized carbons (Fsp3) is 0.409. The highest BCUT2D eigenvalue weighted by atomic mass is 32.2. The van der Waals surface area contributed by atoms with E-state index in [4.69, 9.17) is 4.74 Å². The van der Waals surface area contributed by atoms with Crippen LogP contribution in [0.15, 0.2) is 48.5 Å². The summed E-state index contributed by atoms with van der Waals surface area (Å²) in [5, 5.41) is 0. The summed E-state index contributed by atoms with van der Waals surface area (Å²) in [4.78, 5) is 12.4. The van der Waals surface area contributed by atoms with Gasteiger partial charge in [-0.2, -0.15) is 0 Å². The second kappa shape index (κ2) is 10.4. The number of nitrogens with one attached hydrogen (secondary N) is 1. The third-order valence-electron chi connectivity index (χ3n) is 4.58. The predicted octanol–water partition coefficient (Wildman–Crippen LogP) is 5.34. The van der Waals surface area contributed by atoms with Crippen molar-refractivity contribution in [1.29, 1.82) is 0 Å². The van der Waals surface area contributed by atoms with Crippen LogP contribution < -0.4 is 14.2 Å². The number of methoxy groups -OCH3 is 1. The predicted molar refractivity (Wildman–Crippen MR) is 115 cm³/mol. The van der Waals surface area contributed by atoms with Crippen molar-refractivity contribution in [3.05, 3.63) is 59.7 Å². The van der Waals surface area contributed by atoms with Gasteiger partial charge >= 0.3 is 18.7 Å². The molecule has 0 amide bonds. The number of rotatable bonds is 8. The van der Waals surface area contributed by atoms with Gasteiger partial charge in [0.15, 0.2) is 0 Å². The lowest BCUT2D eigenvalue weighted by Gasteiger charge is -2.37. The molecule has 0 radical (unpaired) electrons. The number of carbonyl (C=O) groups is 1. The van der Waals surface area contributed by atoms with E-state index in [0.29, 0.717) is 0 Å². The molecule has 0 fully saturated rings. The molecule has 13 heteroatoms. The second-order valence-corrected chi connectivity index (χ2v) is 10.3. The van der Waals surface area contributed by atoms with Crippen LogP contribution in [0.2, 0.25) is 0 Å². The van der Waals surface area contributed by atoms with Crippen molar-refractivity contribution in [1.82, 2.24) is 4.72 Å². The van der Waals surface area contributed by atoms with Crippen molar-refractivity contribution in [2.75, 3.05) is 7.11 Å². The molecule has 6 nitrogen and oxygen atoms in total. The average molecular weight is 527 g/mol. The van der Waals surface area contributed by atoms with Gasteiger partial charge in [0.1, 0.15) is 11.5 Å². The van der Waals surface area contributed by atoms with Crippen LogP contribution in [0.25, 0.3) is 0 Å². The van der Waals surface area contributed by atoms with Crippen molar-refractivity contribution in [2.24, 2.45) is 0 Å². The molecule has 0 aromatic heterocycles. The Kier molecular flexibility index (Phi) is 8.48. The molecule has 2 aromatic rings. The molecule has 0 aliphatic carbocycles. The lowest BCUT2D eigenvalue weighted by atomic mass is 9.80. The first-order chi connectivity index (χ1) is 15.9. The van der Waals surface area contributed by atoms with Crippen molar-refractivity contribution in [3.8, 4) is 11.5 Å². The second-order valence-electron chi connectivity index (χ2n) is 8.29. The van der Waals surface area contributed by atoms with Crippen LogP contribution in [0.1, 0.15) is 38.3 Å². The topological polar surface area (TPSA) is 73.9 Å². The Balaban J connectivity index is 2.81. The van der Waals surface area contributed by atoms with E-state index in [-0.39, 0.29) is 11.1 Å². The highest BCUT2D eigenvalue weighted by Gasteiger charge is 2.42. The number of carbonyl (C=O) groups excluding carboxylic acids is 1. The molecular formula is C22H23F6NO5S. The minimum atomic E-state index is -5.04. The van der Waals surface area contributed by atoms with Gasteiger partial charge in [0.05, 0.1) is 34.8 Å². The maximum absolute atomic E-state index is 13.1. The first kappa shape index (κ1) is 28.4. The quantitative estimate of drug-likeness (QED) is 0.371. The first-order valence-electron chi connectivity index (χ1n) is 9.94. The molecule has 1 atom stereocenters. The molecule has 1 unspecified atom stereocenters. The molecule has 0 saturated carbocycles. The monoisotopic (exact) mass is 527 g/mol. The SMILES string of the molecule is COC(=O)CC(NS(=O)C(C)(C)C)(c1cccc(OC(F)(F)F)c1)c1cccc(OC(F)(F)F)c1. The summed E-state index contributed by atoms with van der Waals surface area (Å²) in [6, 6.07) is 8.92. The number of hydrogen-bond acceptors (Lipinski definition) is 5. The summed E-state index contributed by atoms with van der Waals surface area (Å²) in [6.07, 6.45) is -10.7. The Hall–Kier alpha value is -2.80. The number of alkyl halides is 6. The van der Waals surface area contributed by atoms with Crippen LogP contribution in [0.5, 0.6) is 11.5 Å². The van der Waals surface area contributed by atoms with Crippen LogP contribution in [-0.4, -0.2) is 34.8 Å². The van der Waals surface area contributed by atoms with Gasteiger partial charge < -0.3 is 14.2 Å². The van der Waals surface area contributed by atoms with Crippen LogP contribution in [-0.2, 0) is 26.1 Å². The first-order valence-corrected chi connectivity index (χ1v) is 11.1. The Labute approximate surface area is 200 Å². The molecule has 0 heterocycles. The fourth-order valence-corrected chi connectivity index (χ4v) is 3.97. The number of benzene rings is 2. The van der Waals surface area contributed by atoms with E-state index in [1.54, 1.807) is 20.8 Å². The molecule has 0 saturated heterocycles. The van der Waals surface area contributed by atoms with E-state index in [2.05, 4.69) is 14.2 Å². The molecule has 0 spiro atoms. The third kappa shape index (κ3) is 8.13. The lowest BCUT2D eigenvalue weighted by Crippen LogP contribution is -2.50. The number of hydrogen-bond donors (Lipinski definition) is 1. The number of ether oxygens (including phenoxy) is 3. The van der Waals surface area contributed by atoms with Crippen LogP contribution in [0.3, 0.4) is 0 Å². The molecule has 194 valence electrons.